The number of benzene rings is 2. The average Bonchev–Trinajstić information content (AvgIpc) is 2.53. The van der Waals surface area contributed by atoms with Gasteiger partial charge in [-0.15, -0.1) is 0 Å². The van der Waals surface area contributed by atoms with Crippen molar-refractivity contribution in [2.24, 2.45) is 0 Å². The summed E-state index contributed by atoms with van der Waals surface area (Å²) in [5, 5.41) is 0. The van der Waals surface area contributed by atoms with Gasteiger partial charge in [-0.1, -0.05) is 34.1 Å². The van der Waals surface area contributed by atoms with Gasteiger partial charge in [-0.2, -0.15) is 0 Å². The van der Waals surface area contributed by atoms with E-state index >= 15 is 0 Å². The smallest absolute Gasteiger partial charge is 0.258 e. The molecule has 4 heteroatoms. The van der Waals surface area contributed by atoms with Gasteiger partial charge in [-0.05, 0) is 44.2 Å². The van der Waals surface area contributed by atoms with Gasteiger partial charge in [0.2, 0.25) is 0 Å². The first-order valence-electron chi connectivity index (χ1n) is 7.55. The summed E-state index contributed by atoms with van der Waals surface area (Å²) in [7, 11) is 0. The molecule has 0 N–H and O–H groups in total. The highest BCUT2D eigenvalue weighted by Gasteiger charge is 2.30. The number of nitrogens with zero attached hydrogens (tertiary/aromatic N) is 2. The van der Waals surface area contributed by atoms with Crippen molar-refractivity contribution >= 4 is 33.2 Å². The van der Waals surface area contributed by atoms with Gasteiger partial charge in [-0.25, -0.2) is 0 Å². The van der Waals surface area contributed by atoms with Crippen LogP contribution in [0.25, 0.3) is 0 Å². The van der Waals surface area contributed by atoms with E-state index in [9.17, 15) is 4.79 Å². The highest BCUT2D eigenvalue weighted by Crippen LogP contribution is 2.36. The van der Waals surface area contributed by atoms with Crippen LogP contribution >= 0.6 is 15.9 Å². The van der Waals surface area contributed by atoms with Crippen molar-refractivity contribution in [3.63, 3.8) is 0 Å². The number of hydrogen-bond acceptors (Lipinski definition) is 2. The fourth-order valence-corrected chi connectivity index (χ4v) is 3.48. The van der Waals surface area contributed by atoms with Crippen LogP contribution in [0.3, 0.4) is 0 Å². The monoisotopic (exact) mass is 358 g/mol. The fourth-order valence-electron chi connectivity index (χ4n) is 3.09. The predicted octanol–water partition coefficient (Wildman–Crippen LogP) is 4.32. The maximum atomic E-state index is 12.9. The zero-order valence-electron chi connectivity index (χ0n) is 12.8. The first-order valence-corrected chi connectivity index (χ1v) is 8.34. The van der Waals surface area contributed by atoms with E-state index in [4.69, 9.17) is 0 Å². The van der Waals surface area contributed by atoms with E-state index in [2.05, 4.69) is 40.7 Å². The lowest BCUT2D eigenvalue weighted by atomic mass is 10.1. The second-order valence-corrected chi connectivity index (χ2v) is 6.47. The first-order chi connectivity index (χ1) is 10.6. The van der Waals surface area contributed by atoms with Gasteiger partial charge in [0.1, 0.15) is 0 Å². The minimum Gasteiger partial charge on any atom is -0.366 e. The lowest BCUT2D eigenvalue weighted by molar-refractivity contribution is 0.0984. The van der Waals surface area contributed by atoms with Crippen LogP contribution in [0.15, 0.2) is 53.0 Å². The Morgan fingerprint density at radius 3 is 2.59 bits per heavy atom. The summed E-state index contributed by atoms with van der Waals surface area (Å²) in [6, 6.07) is 16.0. The van der Waals surface area contributed by atoms with Gasteiger partial charge in [0.05, 0.1) is 11.4 Å². The van der Waals surface area contributed by atoms with Gasteiger partial charge in [0.25, 0.3) is 5.91 Å². The van der Waals surface area contributed by atoms with E-state index in [-0.39, 0.29) is 5.91 Å². The van der Waals surface area contributed by atoms with E-state index in [0.29, 0.717) is 18.2 Å². The molecule has 1 aliphatic rings. The van der Waals surface area contributed by atoms with Crippen LogP contribution in [-0.2, 0) is 0 Å². The molecule has 0 aliphatic carbocycles. The number of carbonyl (C=O) groups is 1. The summed E-state index contributed by atoms with van der Waals surface area (Å²) in [6.45, 7) is 5.97. The highest BCUT2D eigenvalue weighted by molar-refractivity contribution is 9.10. The molecule has 1 atom stereocenters. The molecule has 0 spiro atoms. The largest absolute Gasteiger partial charge is 0.366 e. The van der Waals surface area contributed by atoms with Crippen LogP contribution in [0.4, 0.5) is 11.4 Å². The number of anilines is 2. The molecule has 1 amide bonds. The fraction of sp³-hybridized carbons (Fsp3) is 0.278. The van der Waals surface area contributed by atoms with Crippen molar-refractivity contribution in [3.05, 3.63) is 58.6 Å². The Bertz CT molecular complexity index is 701. The van der Waals surface area contributed by atoms with Crippen LogP contribution in [0.5, 0.6) is 0 Å². The van der Waals surface area contributed by atoms with Crippen LogP contribution in [0.1, 0.15) is 24.2 Å². The van der Waals surface area contributed by atoms with E-state index in [1.807, 2.05) is 47.4 Å². The topological polar surface area (TPSA) is 23.6 Å². The number of fused-ring (bicyclic) bond motifs is 1. The van der Waals surface area contributed by atoms with Crippen LogP contribution in [-0.4, -0.2) is 25.0 Å². The number of likely N-dealkylation sites (N-methyl/N-ethyl adjacent to an activating group) is 1. The van der Waals surface area contributed by atoms with Crippen molar-refractivity contribution in [2.75, 3.05) is 22.9 Å². The molecule has 22 heavy (non-hydrogen) atoms. The molecule has 1 unspecified atom stereocenters. The zero-order valence-corrected chi connectivity index (χ0v) is 14.4. The molecule has 3 rings (SSSR count). The summed E-state index contributed by atoms with van der Waals surface area (Å²) in [5.74, 6) is 0.0522. The molecule has 0 radical (unpaired) electrons. The van der Waals surface area contributed by atoms with Crippen molar-refractivity contribution < 1.29 is 4.79 Å². The Kier molecular flexibility index (Phi) is 4.21. The van der Waals surface area contributed by atoms with E-state index in [0.717, 1.165) is 22.4 Å². The molecule has 2 aromatic carbocycles. The van der Waals surface area contributed by atoms with E-state index in [1.165, 1.54) is 0 Å². The Morgan fingerprint density at radius 1 is 1.18 bits per heavy atom. The van der Waals surface area contributed by atoms with Crippen LogP contribution < -0.4 is 9.80 Å². The summed E-state index contributed by atoms with van der Waals surface area (Å²) < 4.78 is 0.923. The maximum absolute atomic E-state index is 12.9. The van der Waals surface area contributed by atoms with Crippen molar-refractivity contribution in [3.8, 4) is 0 Å². The van der Waals surface area contributed by atoms with Gasteiger partial charge >= 0.3 is 0 Å². The Hall–Kier alpha value is -1.81. The predicted molar refractivity (Wildman–Crippen MR) is 94.7 cm³/mol. The third-order valence-electron chi connectivity index (χ3n) is 4.12. The lowest BCUT2D eigenvalue weighted by Gasteiger charge is -2.42. The van der Waals surface area contributed by atoms with E-state index in [1.54, 1.807) is 0 Å². The zero-order chi connectivity index (χ0) is 15.7. The number of amides is 1. The minimum atomic E-state index is 0.0522. The molecule has 0 fully saturated rings. The number of halogens is 1. The first kappa shape index (κ1) is 15.1. The lowest BCUT2D eigenvalue weighted by Crippen LogP contribution is -2.49. The third-order valence-corrected chi connectivity index (χ3v) is 4.61. The highest BCUT2D eigenvalue weighted by atomic mass is 79.9. The summed E-state index contributed by atoms with van der Waals surface area (Å²) in [5.41, 5.74) is 2.83. The Labute approximate surface area is 139 Å². The Balaban J connectivity index is 2.02. The maximum Gasteiger partial charge on any atom is 0.258 e. The van der Waals surface area contributed by atoms with Gasteiger partial charge < -0.3 is 9.80 Å². The second-order valence-electron chi connectivity index (χ2n) is 5.55. The number of carbonyl (C=O) groups excluding carboxylic acids is 1. The van der Waals surface area contributed by atoms with Crippen molar-refractivity contribution in [1.29, 1.82) is 0 Å². The number of rotatable bonds is 2. The molecule has 0 bridgehead atoms. The van der Waals surface area contributed by atoms with Crippen molar-refractivity contribution in [1.82, 2.24) is 0 Å². The molecule has 1 heterocycles. The van der Waals surface area contributed by atoms with Crippen LogP contribution in [0.2, 0.25) is 0 Å². The summed E-state index contributed by atoms with van der Waals surface area (Å²) in [6.07, 6.45) is 0. The average molecular weight is 359 g/mol. The second kappa shape index (κ2) is 6.13. The molecule has 0 saturated heterocycles. The molecular weight excluding hydrogens is 340 g/mol. The standard InChI is InChI=1S/C18H19BrN2O/c1-3-20-13(2)12-21(17-10-5-4-9-16(17)20)18(22)14-7-6-8-15(19)11-14/h4-11,13H,3,12H2,1-2H3. The molecule has 0 aromatic heterocycles. The summed E-state index contributed by atoms with van der Waals surface area (Å²) in [4.78, 5) is 17.2. The summed E-state index contributed by atoms with van der Waals surface area (Å²) >= 11 is 3.44. The molecule has 2 aromatic rings. The van der Waals surface area contributed by atoms with Crippen molar-refractivity contribution in [2.45, 2.75) is 19.9 Å². The molecule has 1 aliphatic heterocycles. The quantitative estimate of drug-likeness (QED) is 0.797. The van der Waals surface area contributed by atoms with E-state index < -0.39 is 0 Å². The molecule has 114 valence electrons. The number of para-hydroxylation sites is 2. The minimum absolute atomic E-state index is 0.0522. The Morgan fingerprint density at radius 2 is 1.91 bits per heavy atom. The number of hydrogen-bond donors (Lipinski definition) is 0. The van der Waals surface area contributed by atoms with Gasteiger partial charge in [0, 0.05) is 29.2 Å². The molecule has 3 nitrogen and oxygen atoms in total. The molecular formula is C18H19BrN2O. The normalized spacial score (nSPS) is 17.3. The van der Waals surface area contributed by atoms with Crippen LogP contribution in [0, 0.1) is 0 Å². The van der Waals surface area contributed by atoms with Gasteiger partial charge in [-0.3, -0.25) is 4.79 Å². The SMILES string of the molecule is CCN1c2ccccc2N(C(=O)c2cccc(Br)c2)CC1C. The third kappa shape index (κ3) is 2.63. The molecule has 0 saturated carbocycles. The van der Waals surface area contributed by atoms with Gasteiger partial charge in [0.15, 0.2) is 0 Å².